The zero-order chi connectivity index (χ0) is 40.8. The molecule has 55 heavy (non-hydrogen) atoms. The standard InChI is InChI=1S/C40H77N2O12P/c1-3-5-7-9-11-13-15-17-19-21-23-25-37(43)49-31-35(53-39(45)26-24-22-20-18-16-14-12-10-8-6-4-2)33-51-55(47,48)52-34-36(54-40(46)28-30-42)32-50-38(44)27-29-41/h35-36H,3-34,41-42H2,1-2H3,(H,47,48). The largest absolute Gasteiger partial charge is 0.472 e. The molecule has 3 atom stereocenters. The molecule has 14 nitrogen and oxygen atoms in total. The van der Waals surface area contributed by atoms with E-state index in [2.05, 4.69) is 13.8 Å². The molecule has 0 radical (unpaired) electrons. The topological polar surface area (TPSA) is 213 Å². The van der Waals surface area contributed by atoms with Crippen molar-refractivity contribution in [2.75, 3.05) is 39.5 Å². The van der Waals surface area contributed by atoms with Gasteiger partial charge in [-0.15, -0.1) is 0 Å². The molecule has 0 bridgehead atoms. The second-order valence-corrected chi connectivity index (χ2v) is 15.8. The lowest BCUT2D eigenvalue weighted by Crippen LogP contribution is -2.31. The van der Waals surface area contributed by atoms with Gasteiger partial charge in [0.1, 0.15) is 13.2 Å². The van der Waals surface area contributed by atoms with Gasteiger partial charge in [0.25, 0.3) is 0 Å². The normalized spacial score (nSPS) is 13.5. The zero-order valence-electron chi connectivity index (χ0n) is 34.3. The van der Waals surface area contributed by atoms with Gasteiger partial charge in [-0.3, -0.25) is 28.2 Å². The summed E-state index contributed by atoms with van der Waals surface area (Å²) >= 11 is 0. The van der Waals surface area contributed by atoms with Crippen molar-refractivity contribution in [2.45, 2.75) is 193 Å². The average molecular weight is 809 g/mol. The van der Waals surface area contributed by atoms with Crippen molar-refractivity contribution in [3.8, 4) is 0 Å². The Morgan fingerprint density at radius 1 is 0.455 bits per heavy atom. The van der Waals surface area contributed by atoms with Crippen LogP contribution in [0.5, 0.6) is 0 Å². The highest BCUT2D eigenvalue weighted by Crippen LogP contribution is 2.43. The van der Waals surface area contributed by atoms with Gasteiger partial charge in [-0.05, 0) is 12.8 Å². The van der Waals surface area contributed by atoms with Gasteiger partial charge in [0.2, 0.25) is 0 Å². The number of phosphoric ester groups is 1. The van der Waals surface area contributed by atoms with Crippen LogP contribution in [0.4, 0.5) is 0 Å². The lowest BCUT2D eigenvalue weighted by atomic mass is 10.1. The number of nitrogens with two attached hydrogens (primary N) is 2. The summed E-state index contributed by atoms with van der Waals surface area (Å²) < 4.78 is 44.0. The quantitative estimate of drug-likeness (QED) is 0.0231. The first-order valence-corrected chi connectivity index (χ1v) is 22.8. The molecule has 0 aliphatic rings. The van der Waals surface area contributed by atoms with Crippen molar-refractivity contribution >= 4 is 31.7 Å². The van der Waals surface area contributed by atoms with Gasteiger partial charge in [0.05, 0.1) is 26.1 Å². The molecule has 0 aliphatic heterocycles. The van der Waals surface area contributed by atoms with Crippen LogP contribution in [-0.2, 0) is 51.7 Å². The summed E-state index contributed by atoms with van der Waals surface area (Å²) in [5, 5.41) is 0. The van der Waals surface area contributed by atoms with E-state index in [4.69, 9.17) is 39.5 Å². The monoisotopic (exact) mass is 809 g/mol. The lowest BCUT2D eigenvalue weighted by Gasteiger charge is -2.22. The van der Waals surface area contributed by atoms with E-state index in [1.807, 2.05) is 0 Å². The second-order valence-electron chi connectivity index (χ2n) is 14.3. The molecule has 324 valence electrons. The van der Waals surface area contributed by atoms with Crippen molar-refractivity contribution in [3.63, 3.8) is 0 Å². The molecular formula is C40H77N2O12P. The number of ether oxygens (including phenoxy) is 4. The van der Waals surface area contributed by atoms with E-state index in [1.165, 1.54) is 89.9 Å². The molecule has 0 fully saturated rings. The Labute approximate surface area is 331 Å². The molecule has 15 heteroatoms. The van der Waals surface area contributed by atoms with E-state index in [9.17, 15) is 28.6 Å². The third-order valence-electron chi connectivity index (χ3n) is 8.97. The smallest absolute Gasteiger partial charge is 0.462 e. The molecule has 0 aliphatic carbocycles. The summed E-state index contributed by atoms with van der Waals surface area (Å²) in [5.74, 6) is -2.37. The summed E-state index contributed by atoms with van der Waals surface area (Å²) in [7, 11) is -4.81. The third-order valence-corrected chi connectivity index (χ3v) is 9.92. The molecular weight excluding hydrogens is 731 g/mol. The summed E-state index contributed by atoms with van der Waals surface area (Å²) in [4.78, 5) is 59.4. The predicted molar refractivity (Wildman–Crippen MR) is 213 cm³/mol. The molecule has 0 saturated carbocycles. The fraction of sp³-hybridized carbons (Fsp3) is 0.900. The number of esters is 4. The molecule has 5 N–H and O–H groups in total. The van der Waals surface area contributed by atoms with Gasteiger partial charge in [0, 0.05) is 25.9 Å². The van der Waals surface area contributed by atoms with Crippen LogP contribution in [0.3, 0.4) is 0 Å². The average Bonchev–Trinajstić information content (AvgIpc) is 3.15. The minimum Gasteiger partial charge on any atom is -0.462 e. The first-order valence-electron chi connectivity index (χ1n) is 21.3. The van der Waals surface area contributed by atoms with Gasteiger partial charge < -0.3 is 35.3 Å². The Morgan fingerprint density at radius 3 is 1.11 bits per heavy atom. The molecule has 0 aromatic heterocycles. The van der Waals surface area contributed by atoms with Crippen molar-refractivity contribution < 1.29 is 56.6 Å². The number of phosphoric acid groups is 1. The van der Waals surface area contributed by atoms with Crippen LogP contribution >= 0.6 is 7.82 Å². The number of carbonyl (C=O) groups excluding carboxylic acids is 4. The molecule has 0 saturated heterocycles. The molecule has 3 unspecified atom stereocenters. The van der Waals surface area contributed by atoms with Crippen LogP contribution in [0.1, 0.15) is 181 Å². The van der Waals surface area contributed by atoms with Crippen molar-refractivity contribution in [3.05, 3.63) is 0 Å². The minimum atomic E-state index is -4.81. The van der Waals surface area contributed by atoms with Crippen LogP contribution in [0.2, 0.25) is 0 Å². The van der Waals surface area contributed by atoms with Crippen LogP contribution < -0.4 is 11.5 Å². The molecule has 0 spiro atoms. The van der Waals surface area contributed by atoms with Gasteiger partial charge in [-0.1, -0.05) is 142 Å². The number of carbonyl (C=O) groups is 4. The van der Waals surface area contributed by atoms with E-state index in [1.54, 1.807) is 0 Å². The first-order chi connectivity index (χ1) is 26.6. The van der Waals surface area contributed by atoms with E-state index < -0.39 is 63.7 Å². The Hall–Kier alpha value is -2.09. The zero-order valence-corrected chi connectivity index (χ0v) is 35.2. The summed E-state index contributed by atoms with van der Waals surface area (Å²) in [5.41, 5.74) is 10.7. The summed E-state index contributed by atoms with van der Waals surface area (Å²) in [6, 6.07) is 0. The lowest BCUT2D eigenvalue weighted by molar-refractivity contribution is -0.162. The highest BCUT2D eigenvalue weighted by molar-refractivity contribution is 7.47. The molecule has 0 aromatic carbocycles. The van der Waals surface area contributed by atoms with E-state index in [0.717, 1.165) is 38.5 Å². The van der Waals surface area contributed by atoms with E-state index in [-0.39, 0.29) is 45.4 Å². The summed E-state index contributed by atoms with van der Waals surface area (Å²) in [6.45, 7) is 2.40. The Bertz CT molecular complexity index is 1020. The maximum absolute atomic E-state index is 12.8. The Balaban J connectivity index is 4.94. The van der Waals surface area contributed by atoms with Crippen molar-refractivity contribution in [1.82, 2.24) is 0 Å². The molecule has 0 rings (SSSR count). The number of hydrogen-bond acceptors (Lipinski definition) is 13. The van der Waals surface area contributed by atoms with Crippen LogP contribution in [0, 0.1) is 0 Å². The predicted octanol–water partition coefficient (Wildman–Crippen LogP) is 8.13. The Morgan fingerprint density at radius 2 is 0.745 bits per heavy atom. The fourth-order valence-corrected chi connectivity index (χ4v) is 6.52. The number of unbranched alkanes of at least 4 members (excludes halogenated alkanes) is 20. The van der Waals surface area contributed by atoms with E-state index in [0.29, 0.717) is 12.8 Å². The second kappa shape index (κ2) is 37.5. The third kappa shape index (κ3) is 36.0. The summed E-state index contributed by atoms with van der Waals surface area (Å²) in [6.07, 6.45) is 22.8. The Kier molecular flexibility index (Phi) is 36.1. The van der Waals surface area contributed by atoms with E-state index >= 15 is 0 Å². The van der Waals surface area contributed by atoms with Crippen LogP contribution in [0.25, 0.3) is 0 Å². The first kappa shape index (κ1) is 52.9. The molecule has 0 amide bonds. The molecule has 0 aromatic rings. The fourth-order valence-electron chi connectivity index (χ4n) is 5.73. The maximum atomic E-state index is 12.8. The minimum absolute atomic E-state index is 0.00419. The van der Waals surface area contributed by atoms with Gasteiger partial charge >= 0.3 is 31.7 Å². The van der Waals surface area contributed by atoms with Crippen LogP contribution in [0.15, 0.2) is 0 Å². The number of hydrogen-bond donors (Lipinski definition) is 3. The highest BCUT2D eigenvalue weighted by Gasteiger charge is 2.29. The highest BCUT2D eigenvalue weighted by atomic mass is 31.2. The SMILES string of the molecule is CCCCCCCCCCCCCC(=O)OCC(COP(=O)(O)OCC(COC(=O)CCN)OC(=O)CCN)OC(=O)CCCCCCCCCCCCC. The maximum Gasteiger partial charge on any atom is 0.472 e. The van der Waals surface area contributed by atoms with Gasteiger partial charge in [-0.25, -0.2) is 4.57 Å². The van der Waals surface area contributed by atoms with Gasteiger partial charge in [0.15, 0.2) is 12.2 Å². The van der Waals surface area contributed by atoms with Crippen molar-refractivity contribution in [1.29, 1.82) is 0 Å². The van der Waals surface area contributed by atoms with Crippen LogP contribution in [-0.4, -0.2) is 80.5 Å². The number of rotatable bonds is 40. The molecule has 0 heterocycles. The van der Waals surface area contributed by atoms with Crippen molar-refractivity contribution in [2.24, 2.45) is 11.5 Å². The van der Waals surface area contributed by atoms with Gasteiger partial charge in [-0.2, -0.15) is 0 Å².